The van der Waals surface area contributed by atoms with Crippen LogP contribution in [0.15, 0.2) is 11.6 Å². The van der Waals surface area contributed by atoms with Gasteiger partial charge in [0, 0.05) is 5.33 Å². The minimum Gasteiger partial charge on any atom is -0.0880 e. The number of alkyl halides is 1. The SMILES string of the molecule is C/C(=C/C1CCCCC1C)CBr. The van der Waals surface area contributed by atoms with Gasteiger partial charge < -0.3 is 0 Å². The molecule has 0 nitrogen and oxygen atoms in total. The first-order chi connectivity index (χ1) is 5.74. The van der Waals surface area contributed by atoms with Crippen LogP contribution >= 0.6 is 15.9 Å². The van der Waals surface area contributed by atoms with Crippen molar-refractivity contribution in [3.05, 3.63) is 11.6 Å². The summed E-state index contributed by atoms with van der Waals surface area (Å²) in [7, 11) is 0. The molecule has 0 amide bonds. The Labute approximate surface area is 84.6 Å². The lowest BCUT2D eigenvalue weighted by Gasteiger charge is -2.26. The van der Waals surface area contributed by atoms with Crippen molar-refractivity contribution < 1.29 is 0 Å². The quantitative estimate of drug-likeness (QED) is 0.494. The van der Waals surface area contributed by atoms with Crippen molar-refractivity contribution in [1.29, 1.82) is 0 Å². The van der Waals surface area contributed by atoms with Crippen molar-refractivity contribution in [2.24, 2.45) is 11.8 Å². The summed E-state index contributed by atoms with van der Waals surface area (Å²) in [6.07, 6.45) is 8.18. The van der Waals surface area contributed by atoms with Crippen molar-refractivity contribution >= 4 is 15.9 Å². The first-order valence-corrected chi connectivity index (χ1v) is 6.09. The Balaban J connectivity index is 2.48. The molecule has 0 heterocycles. The molecule has 0 N–H and O–H groups in total. The van der Waals surface area contributed by atoms with E-state index in [2.05, 4.69) is 35.9 Å². The molecule has 0 aromatic rings. The van der Waals surface area contributed by atoms with E-state index in [0.29, 0.717) is 0 Å². The highest BCUT2D eigenvalue weighted by Gasteiger charge is 2.18. The summed E-state index contributed by atoms with van der Waals surface area (Å²) in [4.78, 5) is 0. The van der Waals surface area contributed by atoms with Crippen LogP contribution in [0.4, 0.5) is 0 Å². The molecule has 0 bridgehead atoms. The summed E-state index contributed by atoms with van der Waals surface area (Å²) < 4.78 is 0. The summed E-state index contributed by atoms with van der Waals surface area (Å²) in [5.41, 5.74) is 1.49. The van der Waals surface area contributed by atoms with E-state index in [0.717, 1.165) is 17.2 Å². The molecule has 1 rings (SSSR count). The van der Waals surface area contributed by atoms with Crippen LogP contribution in [-0.2, 0) is 0 Å². The van der Waals surface area contributed by atoms with Crippen LogP contribution in [0.1, 0.15) is 39.5 Å². The van der Waals surface area contributed by atoms with Crippen LogP contribution in [0, 0.1) is 11.8 Å². The van der Waals surface area contributed by atoms with E-state index < -0.39 is 0 Å². The molecule has 0 saturated heterocycles. The van der Waals surface area contributed by atoms with Crippen molar-refractivity contribution in [2.45, 2.75) is 39.5 Å². The number of halogens is 1. The second-order valence-electron chi connectivity index (χ2n) is 4.07. The van der Waals surface area contributed by atoms with Gasteiger partial charge in [-0.25, -0.2) is 0 Å². The van der Waals surface area contributed by atoms with E-state index in [9.17, 15) is 0 Å². The van der Waals surface area contributed by atoms with Gasteiger partial charge in [0.1, 0.15) is 0 Å². The standard InChI is InChI=1S/C11H19Br/c1-9(8-12)7-11-6-4-3-5-10(11)2/h7,10-11H,3-6,8H2,1-2H3/b9-7-. The Hall–Kier alpha value is 0.220. The van der Waals surface area contributed by atoms with Gasteiger partial charge in [0.15, 0.2) is 0 Å². The van der Waals surface area contributed by atoms with Crippen LogP contribution in [-0.4, -0.2) is 5.33 Å². The molecule has 2 unspecified atom stereocenters. The molecule has 1 heteroatoms. The zero-order chi connectivity index (χ0) is 8.97. The summed E-state index contributed by atoms with van der Waals surface area (Å²) in [5, 5.41) is 1.04. The predicted molar refractivity (Wildman–Crippen MR) is 58.7 cm³/mol. The van der Waals surface area contributed by atoms with E-state index in [-0.39, 0.29) is 0 Å². The fourth-order valence-corrected chi connectivity index (χ4v) is 2.19. The maximum atomic E-state index is 3.49. The molecule has 0 spiro atoms. The minimum absolute atomic E-state index is 0.858. The maximum absolute atomic E-state index is 3.49. The average molecular weight is 231 g/mol. The normalized spacial score (nSPS) is 32.1. The lowest BCUT2D eigenvalue weighted by molar-refractivity contribution is 0.305. The molecule has 1 aliphatic carbocycles. The smallest absolute Gasteiger partial charge is 0.0239 e. The van der Waals surface area contributed by atoms with Gasteiger partial charge in [0.05, 0.1) is 0 Å². The van der Waals surface area contributed by atoms with Crippen molar-refractivity contribution in [1.82, 2.24) is 0 Å². The zero-order valence-electron chi connectivity index (χ0n) is 8.15. The first-order valence-electron chi connectivity index (χ1n) is 4.97. The molecule has 0 aromatic carbocycles. The van der Waals surface area contributed by atoms with Gasteiger partial charge in [-0.1, -0.05) is 53.8 Å². The van der Waals surface area contributed by atoms with Gasteiger partial charge in [-0.2, -0.15) is 0 Å². The Morgan fingerprint density at radius 1 is 1.42 bits per heavy atom. The molecular weight excluding hydrogens is 212 g/mol. The van der Waals surface area contributed by atoms with Gasteiger partial charge in [-0.05, 0) is 25.2 Å². The monoisotopic (exact) mass is 230 g/mol. The molecule has 70 valence electrons. The predicted octanol–water partition coefficient (Wildman–Crippen LogP) is 4.15. The van der Waals surface area contributed by atoms with E-state index in [1.54, 1.807) is 0 Å². The molecule has 2 atom stereocenters. The van der Waals surface area contributed by atoms with E-state index in [4.69, 9.17) is 0 Å². The first kappa shape index (κ1) is 10.3. The Morgan fingerprint density at radius 3 is 2.67 bits per heavy atom. The second-order valence-corrected chi connectivity index (χ2v) is 4.63. The highest BCUT2D eigenvalue weighted by molar-refractivity contribution is 9.09. The minimum atomic E-state index is 0.858. The Bertz CT molecular complexity index is 160. The second kappa shape index (κ2) is 5.06. The largest absolute Gasteiger partial charge is 0.0880 e. The van der Waals surface area contributed by atoms with Gasteiger partial charge >= 0.3 is 0 Å². The molecule has 0 aromatic heterocycles. The maximum Gasteiger partial charge on any atom is 0.0239 e. The van der Waals surface area contributed by atoms with E-state index >= 15 is 0 Å². The molecule has 12 heavy (non-hydrogen) atoms. The van der Waals surface area contributed by atoms with Crippen molar-refractivity contribution in [3.63, 3.8) is 0 Å². The van der Waals surface area contributed by atoms with Crippen molar-refractivity contribution in [3.8, 4) is 0 Å². The molecule has 0 radical (unpaired) electrons. The molecule has 1 aliphatic rings. The molecule has 0 aliphatic heterocycles. The number of hydrogen-bond acceptors (Lipinski definition) is 0. The lowest BCUT2D eigenvalue weighted by atomic mass is 9.80. The molecule has 1 saturated carbocycles. The van der Waals surface area contributed by atoms with Crippen LogP contribution in [0.3, 0.4) is 0 Å². The van der Waals surface area contributed by atoms with Crippen LogP contribution < -0.4 is 0 Å². The van der Waals surface area contributed by atoms with E-state index in [1.807, 2.05) is 0 Å². The molecule has 1 fully saturated rings. The van der Waals surface area contributed by atoms with Gasteiger partial charge in [-0.15, -0.1) is 0 Å². The van der Waals surface area contributed by atoms with Gasteiger partial charge in [0.2, 0.25) is 0 Å². The van der Waals surface area contributed by atoms with Crippen LogP contribution in [0.25, 0.3) is 0 Å². The third-order valence-corrected chi connectivity index (χ3v) is 3.77. The molecular formula is C11H19Br. The van der Waals surface area contributed by atoms with Gasteiger partial charge in [-0.3, -0.25) is 0 Å². The zero-order valence-corrected chi connectivity index (χ0v) is 9.73. The van der Waals surface area contributed by atoms with Crippen molar-refractivity contribution in [2.75, 3.05) is 5.33 Å². The fraction of sp³-hybridized carbons (Fsp3) is 0.818. The highest BCUT2D eigenvalue weighted by Crippen LogP contribution is 2.31. The van der Waals surface area contributed by atoms with E-state index in [1.165, 1.54) is 31.3 Å². The number of hydrogen-bond donors (Lipinski definition) is 0. The third-order valence-electron chi connectivity index (χ3n) is 2.89. The summed E-state index contributed by atoms with van der Waals surface area (Å²) in [6, 6.07) is 0. The summed E-state index contributed by atoms with van der Waals surface area (Å²) >= 11 is 3.49. The average Bonchev–Trinajstić information content (AvgIpc) is 2.09. The Kier molecular flexibility index (Phi) is 4.34. The van der Waals surface area contributed by atoms with Crippen LogP contribution in [0.5, 0.6) is 0 Å². The topological polar surface area (TPSA) is 0 Å². The summed E-state index contributed by atoms with van der Waals surface area (Å²) in [5.74, 6) is 1.77. The lowest BCUT2D eigenvalue weighted by Crippen LogP contribution is -2.14. The van der Waals surface area contributed by atoms with Crippen LogP contribution in [0.2, 0.25) is 0 Å². The highest BCUT2D eigenvalue weighted by atomic mass is 79.9. The van der Waals surface area contributed by atoms with Gasteiger partial charge in [0.25, 0.3) is 0 Å². The number of rotatable bonds is 2. The fourth-order valence-electron chi connectivity index (χ4n) is 2.00. The third kappa shape index (κ3) is 2.93. The Morgan fingerprint density at radius 2 is 2.08 bits per heavy atom. The number of allylic oxidation sites excluding steroid dienone is 2. The summed E-state index contributed by atoms with van der Waals surface area (Å²) in [6.45, 7) is 4.61.